The number of imidazole rings is 1. The molecular weight excluding hydrogens is 236 g/mol. The third kappa shape index (κ3) is 6.51. The summed E-state index contributed by atoms with van der Waals surface area (Å²) < 4.78 is 0. The number of carboxylic acid groups (broad SMARTS) is 1. The normalized spacial score (nSPS) is 10.0. The van der Waals surface area contributed by atoms with E-state index in [-0.39, 0.29) is 12.5 Å². The van der Waals surface area contributed by atoms with Gasteiger partial charge in [-0.1, -0.05) is 0 Å². The summed E-state index contributed by atoms with van der Waals surface area (Å²) in [5.41, 5.74) is 0. The smallest absolute Gasteiger partial charge is 0.314 e. The largest absolute Gasteiger partial charge is 0.481 e. The van der Waals surface area contributed by atoms with Crippen LogP contribution in [0.4, 0.5) is 4.79 Å². The number of hydrogen-bond donors (Lipinski definition) is 4. The number of urea groups is 1. The zero-order chi connectivity index (χ0) is 13.2. The highest BCUT2D eigenvalue weighted by Crippen LogP contribution is 1.93. The van der Waals surface area contributed by atoms with Gasteiger partial charge in [0.05, 0.1) is 0 Å². The molecule has 0 fully saturated rings. The first kappa shape index (κ1) is 14.0. The summed E-state index contributed by atoms with van der Waals surface area (Å²) in [5.74, 6) is 0.0228. The maximum atomic E-state index is 11.3. The predicted octanol–water partition coefficient (Wildman–Crippen LogP) is 0.506. The summed E-state index contributed by atoms with van der Waals surface area (Å²) in [6.07, 6.45) is 5.43. The Labute approximate surface area is 105 Å². The first-order valence-corrected chi connectivity index (χ1v) is 5.90. The second-order valence-corrected chi connectivity index (χ2v) is 3.82. The van der Waals surface area contributed by atoms with Gasteiger partial charge in [0.1, 0.15) is 5.82 Å². The van der Waals surface area contributed by atoms with Gasteiger partial charge in [-0.3, -0.25) is 4.79 Å². The number of nitrogens with zero attached hydrogens (tertiary/aromatic N) is 1. The maximum Gasteiger partial charge on any atom is 0.314 e. The summed E-state index contributed by atoms with van der Waals surface area (Å²) in [7, 11) is 0. The van der Waals surface area contributed by atoms with Gasteiger partial charge in [-0.15, -0.1) is 0 Å². The maximum absolute atomic E-state index is 11.3. The lowest BCUT2D eigenvalue weighted by molar-refractivity contribution is -0.137. The molecule has 0 aliphatic carbocycles. The van der Waals surface area contributed by atoms with Crippen LogP contribution in [0.3, 0.4) is 0 Å². The lowest BCUT2D eigenvalue weighted by Gasteiger charge is -2.06. The van der Waals surface area contributed by atoms with Gasteiger partial charge in [0.2, 0.25) is 0 Å². The zero-order valence-electron chi connectivity index (χ0n) is 10.1. The summed E-state index contributed by atoms with van der Waals surface area (Å²) in [4.78, 5) is 28.5. The van der Waals surface area contributed by atoms with E-state index in [0.29, 0.717) is 32.4 Å². The minimum absolute atomic E-state index is 0.141. The first-order chi connectivity index (χ1) is 8.68. The Kier molecular flexibility index (Phi) is 6.31. The second-order valence-electron chi connectivity index (χ2n) is 3.82. The summed E-state index contributed by atoms with van der Waals surface area (Å²) >= 11 is 0. The summed E-state index contributed by atoms with van der Waals surface area (Å²) in [6.45, 7) is 0.994. The topological polar surface area (TPSA) is 107 Å². The van der Waals surface area contributed by atoms with Crippen LogP contribution in [0, 0.1) is 0 Å². The van der Waals surface area contributed by atoms with Crippen LogP contribution in [0.5, 0.6) is 0 Å². The van der Waals surface area contributed by atoms with Crippen molar-refractivity contribution < 1.29 is 14.7 Å². The highest BCUT2D eigenvalue weighted by Gasteiger charge is 2.01. The molecule has 18 heavy (non-hydrogen) atoms. The Morgan fingerprint density at radius 3 is 2.72 bits per heavy atom. The number of nitrogens with one attached hydrogen (secondary N) is 3. The van der Waals surface area contributed by atoms with Gasteiger partial charge >= 0.3 is 12.0 Å². The highest BCUT2D eigenvalue weighted by atomic mass is 16.4. The van der Waals surface area contributed by atoms with E-state index in [4.69, 9.17) is 5.11 Å². The van der Waals surface area contributed by atoms with E-state index in [1.807, 2.05) is 0 Å². The van der Waals surface area contributed by atoms with Crippen LogP contribution in [-0.2, 0) is 11.2 Å². The number of hydrogen-bond acceptors (Lipinski definition) is 3. The molecule has 100 valence electrons. The van der Waals surface area contributed by atoms with Crippen molar-refractivity contribution in [1.82, 2.24) is 20.6 Å². The molecule has 0 aromatic carbocycles. The van der Waals surface area contributed by atoms with Gasteiger partial charge in [0, 0.05) is 38.3 Å². The second kappa shape index (κ2) is 8.10. The number of aromatic nitrogens is 2. The summed E-state index contributed by atoms with van der Waals surface area (Å²) in [6, 6.07) is -0.239. The Hall–Kier alpha value is -2.05. The molecule has 1 aromatic rings. The average molecular weight is 254 g/mol. The molecule has 0 bridgehead atoms. The molecule has 0 saturated heterocycles. The van der Waals surface area contributed by atoms with Crippen molar-refractivity contribution in [3.63, 3.8) is 0 Å². The van der Waals surface area contributed by atoms with Gasteiger partial charge in [0.15, 0.2) is 0 Å². The molecule has 0 radical (unpaired) electrons. The van der Waals surface area contributed by atoms with E-state index in [1.54, 1.807) is 12.4 Å². The fourth-order valence-electron chi connectivity index (χ4n) is 1.39. The number of unbranched alkanes of at least 4 members (excludes halogenated alkanes) is 1. The van der Waals surface area contributed by atoms with E-state index >= 15 is 0 Å². The van der Waals surface area contributed by atoms with Crippen LogP contribution in [0.25, 0.3) is 0 Å². The number of aliphatic carboxylic acids is 1. The van der Waals surface area contributed by atoms with Crippen molar-refractivity contribution in [1.29, 1.82) is 0 Å². The molecule has 4 N–H and O–H groups in total. The van der Waals surface area contributed by atoms with Gasteiger partial charge in [0.25, 0.3) is 0 Å². The van der Waals surface area contributed by atoms with Crippen LogP contribution >= 0.6 is 0 Å². The van der Waals surface area contributed by atoms with Crippen molar-refractivity contribution in [2.75, 3.05) is 13.1 Å². The number of carbonyl (C=O) groups excluding carboxylic acids is 1. The molecule has 7 nitrogen and oxygen atoms in total. The number of rotatable bonds is 8. The van der Waals surface area contributed by atoms with Gasteiger partial charge in [-0.25, -0.2) is 9.78 Å². The zero-order valence-corrected chi connectivity index (χ0v) is 10.1. The predicted molar refractivity (Wildman–Crippen MR) is 65.2 cm³/mol. The molecule has 0 aliphatic rings. The van der Waals surface area contributed by atoms with E-state index < -0.39 is 5.97 Å². The highest BCUT2D eigenvalue weighted by molar-refractivity contribution is 5.73. The number of carbonyl (C=O) groups is 2. The minimum atomic E-state index is -0.808. The van der Waals surface area contributed by atoms with Crippen LogP contribution < -0.4 is 10.6 Å². The fraction of sp³-hybridized carbons (Fsp3) is 0.545. The van der Waals surface area contributed by atoms with E-state index in [0.717, 1.165) is 5.82 Å². The molecule has 1 aromatic heterocycles. The summed E-state index contributed by atoms with van der Waals surface area (Å²) in [5, 5.41) is 13.8. The van der Waals surface area contributed by atoms with E-state index in [1.165, 1.54) is 0 Å². The molecule has 1 rings (SSSR count). The van der Waals surface area contributed by atoms with E-state index in [9.17, 15) is 9.59 Å². The Morgan fingerprint density at radius 2 is 2.06 bits per heavy atom. The number of H-pyrrole nitrogens is 1. The SMILES string of the molecule is O=C(O)CCCCNC(=O)NCCc1ncc[nH]1. The number of aromatic amines is 1. The fourth-order valence-corrected chi connectivity index (χ4v) is 1.39. The molecule has 7 heteroatoms. The molecule has 1 heterocycles. The number of carboxylic acids is 1. The molecule has 0 aliphatic heterocycles. The lowest BCUT2D eigenvalue weighted by Crippen LogP contribution is -2.37. The van der Waals surface area contributed by atoms with Crippen LogP contribution in [0.1, 0.15) is 25.1 Å². The molecule has 0 unspecified atom stereocenters. The van der Waals surface area contributed by atoms with Crippen LogP contribution in [-0.4, -0.2) is 40.2 Å². The van der Waals surface area contributed by atoms with Crippen molar-refractivity contribution in [3.05, 3.63) is 18.2 Å². The molecule has 0 atom stereocenters. The molecule has 0 saturated carbocycles. The average Bonchev–Trinajstić information content (AvgIpc) is 2.81. The van der Waals surface area contributed by atoms with Crippen LogP contribution in [0.2, 0.25) is 0 Å². The lowest BCUT2D eigenvalue weighted by atomic mass is 10.2. The molecule has 0 spiro atoms. The Bertz CT molecular complexity index is 364. The monoisotopic (exact) mass is 254 g/mol. The Morgan fingerprint density at radius 1 is 1.28 bits per heavy atom. The molecule has 2 amide bonds. The first-order valence-electron chi connectivity index (χ1n) is 5.90. The third-order valence-corrected chi connectivity index (χ3v) is 2.31. The van der Waals surface area contributed by atoms with E-state index in [2.05, 4.69) is 20.6 Å². The van der Waals surface area contributed by atoms with Gasteiger partial charge in [-0.2, -0.15) is 0 Å². The minimum Gasteiger partial charge on any atom is -0.481 e. The third-order valence-electron chi connectivity index (χ3n) is 2.31. The number of amides is 2. The van der Waals surface area contributed by atoms with Crippen molar-refractivity contribution in [3.8, 4) is 0 Å². The van der Waals surface area contributed by atoms with Crippen molar-refractivity contribution >= 4 is 12.0 Å². The van der Waals surface area contributed by atoms with Crippen molar-refractivity contribution in [2.45, 2.75) is 25.7 Å². The van der Waals surface area contributed by atoms with Crippen LogP contribution in [0.15, 0.2) is 12.4 Å². The quantitative estimate of drug-likeness (QED) is 0.507. The Balaban J connectivity index is 1.95. The van der Waals surface area contributed by atoms with Gasteiger partial charge < -0.3 is 20.7 Å². The molecular formula is C11H18N4O3. The van der Waals surface area contributed by atoms with Gasteiger partial charge in [-0.05, 0) is 12.8 Å². The standard InChI is InChI=1S/C11H18N4O3/c16-10(17)3-1-2-5-14-11(18)15-6-4-9-12-7-8-13-9/h7-8H,1-6H2,(H,12,13)(H,16,17)(H2,14,15,18). The van der Waals surface area contributed by atoms with Crippen molar-refractivity contribution in [2.24, 2.45) is 0 Å².